The lowest BCUT2D eigenvalue weighted by molar-refractivity contribution is 0.132. The van der Waals surface area contributed by atoms with E-state index in [1.54, 1.807) is 0 Å². The van der Waals surface area contributed by atoms with Gasteiger partial charge in [0.15, 0.2) is 5.65 Å². The van der Waals surface area contributed by atoms with Crippen LogP contribution in [0, 0.1) is 0 Å². The van der Waals surface area contributed by atoms with E-state index in [4.69, 9.17) is 9.97 Å². The van der Waals surface area contributed by atoms with Crippen LogP contribution in [0.2, 0.25) is 0 Å². The van der Waals surface area contributed by atoms with E-state index in [0.717, 1.165) is 80.6 Å². The van der Waals surface area contributed by atoms with Crippen molar-refractivity contribution in [1.29, 1.82) is 0 Å². The quantitative estimate of drug-likeness (QED) is 0.330. The molecular weight excluding hydrogens is 460 g/mol. The summed E-state index contributed by atoms with van der Waals surface area (Å²) in [5, 5.41) is 6.92. The van der Waals surface area contributed by atoms with Gasteiger partial charge >= 0.3 is 0 Å². The Bertz CT molecular complexity index is 1300. The van der Waals surface area contributed by atoms with Crippen LogP contribution < -0.4 is 10.6 Å². The number of fused-ring (bicyclic) bond motifs is 1. The average molecular weight is 497 g/mol. The normalized spacial score (nSPS) is 17.4. The summed E-state index contributed by atoms with van der Waals surface area (Å²) in [5.41, 5.74) is 5.05. The number of likely N-dealkylation sites (N-methyl/N-ethyl adjacent to an activating group) is 1. The Balaban J connectivity index is 1.19. The van der Waals surface area contributed by atoms with Crippen molar-refractivity contribution in [1.82, 2.24) is 29.3 Å². The van der Waals surface area contributed by atoms with E-state index in [9.17, 15) is 0 Å². The van der Waals surface area contributed by atoms with Gasteiger partial charge in [-0.3, -0.25) is 9.47 Å². The van der Waals surface area contributed by atoms with Crippen LogP contribution in [-0.4, -0.2) is 62.0 Å². The zero-order chi connectivity index (χ0) is 25.0. The number of piperazine rings is 1. The summed E-state index contributed by atoms with van der Waals surface area (Å²) in [6.07, 6.45) is 6.61. The lowest BCUT2D eigenvalue weighted by atomic mass is 10.2. The summed E-state index contributed by atoms with van der Waals surface area (Å²) < 4.78 is 2.28. The third kappa shape index (κ3) is 5.45. The Hall–Kier alpha value is -3.49. The van der Waals surface area contributed by atoms with Crippen LogP contribution in [0.3, 0.4) is 0 Å². The minimum Gasteiger partial charge on any atom is -0.326 e. The highest BCUT2D eigenvalue weighted by Crippen LogP contribution is 2.36. The van der Waals surface area contributed by atoms with Crippen LogP contribution in [0.15, 0.2) is 60.8 Å². The average Bonchev–Trinajstić information content (AvgIpc) is 3.58. The smallest absolute Gasteiger partial charge is 0.229 e. The summed E-state index contributed by atoms with van der Waals surface area (Å²) >= 11 is 0. The molecule has 6 rings (SSSR count). The van der Waals surface area contributed by atoms with E-state index < -0.39 is 0 Å². The minimum atomic E-state index is 0.400. The number of benzene rings is 2. The zero-order valence-corrected chi connectivity index (χ0v) is 21.6. The molecule has 1 saturated heterocycles. The molecule has 0 bridgehead atoms. The highest BCUT2D eigenvalue weighted by atomic mass is 15.3. The molecule has 2 aromatic heterocycles. The van der Waals surface area contributed by atoms with E-state index in [1.165, 1.54) is 18.4 Å². The second-order valence-corrected chi connectivity index (χ2v) is 10.2. The monoisotopic (exact) mass is 496 g/mol. The number of para-hydroxylation sites is 1. The molecule has 3 heterocycles. The number of rotatable bonds is 8. The number of nitrogens with one attached hydrogen (secondary N) is 2. The molecule has 2 aliphatic rings. The van der Waals surface area contributed by atoms with Crippen molar-refractivity contribution in [3.63, 3.8) is 0 Å². The lowest BCUT2D eigenvalue weighted by Gasteiger charge is -2.34. The molecule has 4 aromatic rings. The van der Waals surface area contributed by atoms with Gasteiger partial charge in [-0.05, 0) is 49.2 Å². The Morgan fingerprint density at radius 1 is 0.811 bits per heavy atom. The summed E-state index contributed by atoms with van der Waals surface area (Å²) in [6, 6.07) is 19.3. The molecule has 0 radical (unpaired) electrons. The van der Waals surface area contributed by atoms with Crippen molar-refractivity contribution < 1.29 is 0 Å². The number of imidazole rings is 1. The van der Waals surface area contributed by atoms with Crippen LogP contribution in [0.4, 0.5) is 23.3 Å². The third-order valence-electron chi connectivity index (χ3n) is 7.68. The van der Waals surface area contributed by atoms with Crippen LogP contribution >= 0.6 is 0 Å². The fourth-order valence-corrected chi connectivity index (χ4v) is 5.54. The maximum Gasteiger partial charge on any atom is 0.229 e. The largest absolute Gasteiger partial charge is 0.326 e. The number of hydrogen-bond acceptors (Lipinski definition) is 7. The van der Waals surface area contributed by atoms with Crippen molar-refractivity contribution in [3.8, 4) is 0 Å². The zero-order valence-electron chi connectivity index (χ0n) is 21.6. The predicted octanol–water partition coefficient (Wildman–Crippen LogP) is 5.57. The van der Waals surface area contributed by atoms with Crippen LogP contribution in [-0.2, 0) is 6.54 Å². The molecule has 1 saturated carbocycles. The Morgan fingerprint density at radius 3 is 2.24 bits per heavy atom. The third-order valence-corrected chi connectivity index (χ3v) is 7.68. The van der Waals surface area contributed by atoms with E-state index in [1.807, 2.05) is 24.4 Å². The maximum atomic E-state index is 4.93. The summed E-state index contributed by atoms with van der Waals surface area (Å²) in [6.45, 7) is 8.99. The van der Waals surface area contributed by atoms with E-state index >= 15 is 0 Å². The molecule has 0 unspecified atom stereocenters. The van der Waals surface area contributed by atoms with E-state index in [2.05, 4.69) is 73.3 Å². The molecule has 0 spiro atoms. The molecule has 8 nitrogen and oxygen atoms in total. The summed E-state index contributed by atoms with van der Waals surface area (Å²) in [7, 11) is 0. The minimum absolute atomic E-state index is 0.400. The van der Waals surface area contributed by atoms with Crippen molar-refractivity contribution in [2.45, 2.75) is 45.2 Å². The van der Waals surface area contributed by atoms with Crippen LogP contribution in [0.5, 0.6) is 0 Å². The topological polar surface area (TPSA) is 74.1 Å². The molecule has 0 atom stereocenters. The van der Waals surface area contributed by atoms with Gasteiger partial charge in [-0.1, -0.05) is 50.1 Å². The second-order valence-electron chi connectivity index (χ2n) is 10.2. The van der Waals surface area contributed by atoms with Gasteiger partial charge in [0.1, 0.15) is 5.52 Å². The van der Waals surface area contributed by atoms with Gasteiger partial charge in [-0.2, -0.15) is 4.98 Å². The Labute approximate surface area is 218 Å². The van der Waals surface area contributed by atoms with Gasteiger partial charge in [-0.15, -0.1) is 0 Å². The van der Waals surface area contributed by atoms with Crippen LogP contribution in [0.1, 0.15) is 44.2 Å². The van der Waals surface area contributed by atoms with Crippen molar-refractivity contribution in [2.75, 3.05) is 43.4 Å². The highest BCUT2D eigenvalue weighted by Gasteiger charge is 2.24. The number of nitrogens with zero attached hydrogens (tertiary/aromatic N) is 6. The molecule has 8 heteroatoms. The molecule has 2 N–H and O–H groups in total. The van der Waals surface area contributed by atoms with Crippen molar-refractivity contribution in [2.24, 2.45) is 0 Å². The van der Waals surface area contributed by atoms with E-state index in [0.29, 0.717) is 12.0 Å². The molecule has 1 aliphatic carbocycles. The standard InChI is InChI=1S/C29H36N8/c1-2-35-16-18-36(19-17-35)21-22-12-14-24(15-13-22)31-28-30-20-26-27(34-28)37(25-10-6-7-11-25)29(33-26)32-23-8-4-3-5-9-23/h3-5,8-9,12-15,20,25H,2,6-7,10-11,16-19,21H2,1H3,(H,32,33)(H,30,31,34). The predicted molar refractivity (Wildman–Crippen MR) is 150 cm³/mol. The molecule has 2 fully saturated rings. The Morgan fingerprint density at radius 2 is 1.51 bits per heavy atom. The second kappa shape index (κ2) is 10.9. The van der Waals surface area contributed by atoms with Gasteiger partial charge < -0.3 is 15.5 Å². The molecule has 0 amide bonds. The first-order valence-corrected chi connectivity index (χ1v) is 13.6. The summed E-state index contributed by atoms with van der Waals surface area (Å²) in [4.78, 5) is 19.4. The number of anilines is 4. The SMILES string of the molecule is CCN1CCN(Cc2ccc(Nc3ncc4nc(Nc5ccccc5)n(C5CCCC5)c4n3)cc2)CC1. The number of hydrogen-bond donors (Lipinski definition) is 2. The first-order chi connectivity index (χ1) is 18.2. The number of aromatic nitrogens is 4. The summed E-state index contributed by atoms with van der Waals surface area (Å²) in [5.74, 6) is 1.44. The van der Waals surface area contributed by atoms with E-state index in [-0.39, 0.29) is 0 Å². The maximum absolute atomic E-state index is 4.93. The van der Waals surface area contributed by atoms with Gasteiger partial charge in [0.25, 0.3) is 0 Å². The van der Waals surface area contributed by atoms with Gasteiger partial charge in [0.05, 0.1) is 6.20 Å². The van der Waals surface area contributed by atoms with Crippen LogP contribution in [0.25, 0.3) is 11.2 Å². The highest BCUT2D eigenvalue weighted by molar-refractivity contribution is 5.77. The van der Waals surface area contributed by atoms with Gasteiger partial charge in [0.2, 0.25) is 11.9 Å². The molecular formula is C29H36N8. The fourth-order valence-electron chi connectivity index (χ4n) is 5.54. The lowest BCUT2D eigenvalue weighted by Crippen LogP contribution is -2.45. The molecule has 37 heavy (non-hydrogen) atoms. The van der Waals surface area contributed by atoms with Gasteiger partial charge in [-0.25, -0.2) is 9.97 Å². The van der Waals surface area contributed by atoms with Crippen molar-refractivity contribution in [3.05, 3.63) is 66.4 Å². The Kier molecular flexibility index (Phi) is 7.01. The molecule has 2 aromatic carbocycles. The first-order valence-electron chi connectivity index (χ1n) is 13.6. The van der Waals surface area contributed by atoms with Crippen molar-refractivity contribution >= 4 is 34.4 Å². The molecule has 1 aliphatic heterocycles. The first kappa shape index (κ1) is 23.9. The fraction of sp³-hybridized carbons (Fsp3) is 0.414. The van der Waals surface area contributed by atoms with Gasteiger partial charge in [0, 0.05) is 50.1 Å². The molecule has 192 valence electrons.